The minimum Gasteiger partial charge on any atom is -0.326 e. The Labute approximate surface area is 174 Å². The summed E-state index contributed by atoms with van der Waals surface area (Å²) in [5.41, 5.74) is 5.03. The second-order valence-corrected chi connectivity index (χ2v) is 9.99. The van der Waals surface area contributed by atoms with Crippen LogP contribution in [0.15, 0.2) is 41.3 Å². The van der Waals surface area contributed by atoms with Crippen molar-refractivity contribution >= 4 is 21.6 Å². The summed E-state index contributed by atoms with van der Waals surface area (Å²) >= 11 is 0. The average Bonchev–Trinajstić information content (AvgIpc) is 2.65. The highest BCUT2D eigenvalue weighted by Gasteiger charge is 2.34. The van der Waals surface area contributed by atoms with Crippen molar-refractivity contribution in [3.05, 3.63) is 58.7 Å². The molecule has 3 rings (SSSR count). The number of benzene rings is 2. The van der Waals surface area contributed by atoms with Crippen molar-refractivity contribution in [1.82, 2.24) is 4.31 Å². The molecule has 1 aliphatic heterocycles. The van der Waals surface area contributed by atoms with E-state index in [9.17, 15) is 13.2 Å². The Bertz CT molecular complexity index is 974. The van der Waals surface area contributed by atoms with Gasteiger partial charge in [0.05, 0.1) is 4.90 Å². The van der Waals surface area contributed by atoms with Crippen molar-refractivity contribution in [2.75, 3.05) is 11.9 Å². The lowest BCUT2D eigenvalue weighted by atomic mass is 10.0. The molecule has 6 heteroatoms. The van der Waals surface area contributed by atoms with Crippen LogP contribution in [0.25, 0.3) is 0 Å². The van der Waals surface area contributed by atoms with E-state index in [1.54, 1.807) is 12.1 Å². The summed E-state index contributed by atoms with van der Waals surface area (Å²) in [6.07, 6.45) is 2.61. The highest BCUT2D eigenvalue weighted by Crippen LogP contribution is 2.28. The molecular weight excluding hydrogens is 384 g/mol. The Balaban J connectivity index is 1.78. The number of aryl methyl sites for hydroxylation is 4. The molecule has 0 radical (unpaired) electrons. The number of piperidine rings is 1. The zero-order valence-electron chi connectivity index (χ0n) is 17.7. The molecular formula is C23H30N2O3S. The van der Waals surface area contributed by atoms with Gasteiger partial charge in [-0.3, -0.25) is 4.79 Å². The van der Waals surface area contributed by atoms with Gasteiger partial charge in [-0.05, 0) is 63.8 Å². The lowest BCUT2D eigenvalue weighted by Crippen LogP contribution is -2.45. The van der Waals surface area contributed by atoms with E-state index in [-0.39, 0.29) is 18.4 Å². The normalized spacial score (nSPS) is 17.9. The van der Waals surface area contributed by atoms with Gasteiger partial charge in [-0.15, -0.1) is 0 Å². The first-order chi connectivity index (χ1) is 13.7. The van der Waals surface area contributed by atoms with Gasteiger partial charge in [0, 0.05) is 24.7 Å². The van der Waals surface area contributed by atoms with E-state index < -0.39 is 10.0 Å². The first-order valence-corrected chi connectivity index (χ1v) is 11.6. The largest absolute Gasteiger partial charge is 0.326 e. The van der Waals surface area contributed by atoms with Crippen molar-refractivity contribution < 1.29 is 13.2 Å². The summed E-state index contributed by atoms with van der Waals surface area (Å²) in [5.74, 6) is -0.143. The standard InChI is InChI=1S/C23H30N2O3S/c1-16-8-10-21(11-9-16)29(27,28)25-12-6-5-7-20(25)15-22(26)24-23-18(3)13-17(2)14-19(23)4/h8-11,13-14,20H,5-7,12,15H2,1-4H3,(H,24,26)/t20-/m1/s1. The van der Waals surface area contributed by atoms with Gasteiger partial charge in [0.25, 0.3) is 0 Å². The first-order valence-electron chi connectivity index (χ1n) is 10.1. The Morgan fingerprint density at radius 2 is 1.62 bits per heavy atom. The summed E-state index contributed by atoms with van der Waals surface area (Å²) < 4.78 is 27.9. The lowest BCUT2D eigenvalue weighted by Gasteiger charge is -2.34. The summed E-state index contributed by atoms with van der Waals surface area (Å²) in [6, 6.07) is 10.7. The number of hydrogen-bond acceptors (Lipinski definition) is 3. The smallest absolute Gasteiger partial charge is 0.243 e. The van der Waals surface area contributed by atoms with Gasteiger partial charge in [-0.2, -0.15) is 4.31 Å². The maximum absolute atomic E-state index is 13.2. The molecule has 5 nitrogen and oxygen atoms in total. The van der Waals surface area contributed by atoms with E-state index >= 15 is 0 Å². The number of nitrogens with one attached hydrogen (secondary N) is 1. The van der Waals surface area contributed by atoms with E-state index in [1.165, 1.54) is 4.31 Å². The monoisotopic (exact) mass is 414 g/mol. The number of hydrogen-bond donors (Lipinski definition) is 1. The lowest BCUT2D eigenvalue weighted by molar-refractivity contribution is -0.117. The van der Waals surface area contributed by atoms with Crippen LogP contribution >= 0.6 is 0 Å². The predicted molar refractivity (Wildman–Crippen MR) is 117 cm³/mol. The second-order valence-electron chi connectivity index (χ2n) is 8.10. The molecule has 0 unspecified atom stereocenters. The van der Waals surface area contributed by atoms with Crippen molar-refractivity contribution in [2.24, 2.45) is 0 Å². The van der Waals surface area contributed by atoms with Crippen molar-refractivity contribution in [1.29, 1.82) is 0 Å². The fourth-order valence-corrected chi connectivity index (χ4v) is 5.81. The van der Waals surface area contributed by atoms with Crippen LogP contribution in [0.2, 0.25) is 0 Å². The molecule has 0 aliphatic carbocycles. The minimum atomic E-state index is -3.62. The molecule has 29 heavy (non-hydrogen) atoms. The molecule has 1 aliphatic rings. The minimum absolute atomic E-state index is 0.143. The van der Waals surface area contributed by atoms with Crippen LogP contribution in [0.3, 0.4) is 0 Å². The summed E-state index contributed by atoms with van der Waals surface area (Å²) in [4.78, 5) is 13.1. The van der Waals surface area contributed by atoms with Crippen molar-refractivity contribution in [3.63, 3.8) is 0 Å². The molecule has 1 amide bonds. The van der Waals surface area contributed by atoms with E-state index in [1.807, 2.05) is 52.0 Å². The number of nitrogens with zero attached hydrogens (tertiary/aromatic N) is 1. The van der Waals surface area contributed by atoms with Crippen LogP contribution in [0.1, 0.15) is 47.9 Å². The third kappa shape index (κ3) is 4.87. The molecule has 1 atom stereocenters. The van der Waals surface area contributed by atoms with Crippen LogP contribution in [0.4, 0.5) is 5.69 Å². The Kier molecular flexibility index (Phi) is 6.44. The number of amides is 1. The molecule has 156 valence electrons. The highest BCUT2D eigenvalue weighted by atomic mass is 32.2. The molecule has 1 saturated heterocycles. The van der Waals surface area contributed by atoms with E-state index in [0.717, 1.165) is 40.8 Å². The number of anilines is 1. The maximum Gasteiger partial charge on any atom is 0.243 e. The molecule has 1 heterocycles. The number of rotatable bonds is 5. The summed E-state index contributed by atoms with van der Waals surface area (Å²) in [6.45, 7) is 8.37. The molecule has 0 spiro atoms. The molecule has 1 fully saturated rings. The molecule has 1 N–H and O–H groups in total. The summed E-state index contributed by atoms with van der Waals surface area (Å²) in [7, 11) is -3.62. The van der Waals surface area contributed by atoms with E-state index in [0.29, 0.717) is 17.9 Å². The topological polar surface area (TPSA) is 66.5 Å². The number of carbonyl (C=O) groups is 1. The van der Waals surface area contributed by atoms with Crippen LogP contribution < -0.4 is 5.32 Å². The molecule has 2 aromatic carbocycles. The second kappa shape index (κ2) is 8.67. The van der Waals surface area contributed by atoms with Gasteiger partial charge in [0.15, 0.2) is 0 Å². The van der Waals surface area contributed by atoms with Crippen LogP contribution in [-0.2, 0) is 14.8 Å². The zero-order valence-corrected chi connectivity index (χ0v) is 18.5. The SMILES string of the molecule is Cc1ccc(S(=O)(=O)N2CCCC[C@@H]2CC(=O)Nc2c(C)cc(C)cc2C)cc1. The van der Waals surface area contributed by atoms with Crippen molar-refractivity contribution in [3.8, 4) is 0 Å². The van der Waals surface area contributed by atoms with Crippen LogP contribution in [0.5, 0.6) is 0 Å². The first kappa shape index (κ1) is 21.5. The van der Waals surface area contributed by atoms with E-state index in [4.69, 9.17) is 0 Å². The van der Waals surface area contributed by atoms with Gasteiger partial charge in [0.2, 0.25) is 15.9 Å². The maximum atomic E-state index is 13.2. The Hall–Kier alpha value is -2.18. The molecule has 0 saturated carbocycles. The van der Waals surface area contributed by atoms with Gasteiger partial charge in [-0.25, -0.2) is 8.42 Å². The number of carbonyl (C=O) groups excluding carboxylic acids is 1. The highest BCUT2D eigenvalue weighted by molar-refractivity contribution is 7.89. The fourth-order valence-electron chi connectivity index (χ4n) is 4.12. The zero-order chi connectivity index (χ0) is 21.2. The Morgan fingerprint density at radius 3 is 2.24 bits per heavy atom. The Morgan fingerprint density at radius 1 is 1.00 bits per heavy atom. The molecule has 2 aromatic rings. The van der Waals surface area contributed by atoms with Crippen molar-refractivity contribution in [2.45, 2.75) is 64.3 Å². The molecule has 0 aromatic heterocycles. The third-order valence-electron chi connectivity index (χ3n) is 5.56. The third-order valence-corrected chi connectivity index (χ3v) is 7.53. The number of sulfonamides is 1. The van der Waals surface area contributed by atoms with Gasteiger partial charge >= 0.3 is 0 Å². The van der Waals surface area contributed by atoms with Crippen LogP contribution in [0, 0.1) is 27.7 Å². The average molecular weight is 415 g/mol. The fraction of sp³-hybridized carbons (Fsp3) is 0.435. The van der Waals surface area contributed by atoms with Gasteiger partial charge in [0.1, 0.15) is 0 Å². The predicted octanol–water partition coefficient (Wildman–Crippen LogP) is 4.49. The summed E-state index contributed by atoms with van der Waals surface area (Å²) in [5, 5.41) is 3.01. The quantitative estimate of drug-likeness (QED) is 0.784. The van der Waals surface area contributed by atoms with Gasteiger partial charge < -0.3 is 5.32 Å². The van der Waals surface area contributed by atoms with E-state index in [2.05, 4.69) is 5.32 Å². The van der Waals surface area contributed by atoms with Gasteiger partial charge in [-0.1, -0.05) is 41.8 Å². The molecule has 0 bridgehead atoms. The van der Waals surface area contributed by atoms with Crippen LogP contribution in [-0.4, -0.2) is 31.2 Å².